The number of amides is 2. The van der Waals surface area contributed by atoms with Gasteiger partial charge >= 0.3 is 5.97 Å². The van der Waals surface area contributed by atoms with Crippen LogP contribution in [0.1, 0.15) is 49.4 Å². The van der Waals surface area contributed by atoms with Gasteiger partial charge in [-0.1, -0.05) is 36.4 Å². The minimum absolute atomic E-state index is 0.0335. The van der Waals surface area contributed by atoms with E-state index in [1.54, 1.807) is 34.1 Å². The summed E-state index contributed by atoms with van der Waals surface area (Å²) in [5.41, 5.74) is 7.82. The normalized spacial score (nSPS) is 14.3. The largest absolute Gasteiger partial charge is 0.493 e. The molecule has 0 saturated carbocycles. The van der Waals surface area contributed by atoms with Crippen molar-refractivity contribution in [3.8, 4) is 34.8 Å². The molecule has 0 aliphatic carbocycles. The number of hydrogen-bond donors (Lipinski definition) is 2. The number of para-hydroxylation sites is 2. The molecule has 6 aromatic rings. The summed E-state index contributed by atoms with van der Waals surface area (Å²) in [6, 6.07) is 30.4. The molecule has 17 heteroatoms. The van der Waals surface area contributed by atoms with Gasteiger partial charge in [0.15, 0.2) is 23.0 Å². The van der Waals surface area contributed by atoms with Gasteiger partial charge in [0.2, 0.25) is 11.8 Å². The van der Waals surface area contributed by atoms with Gasteiger partial charge in [-0.3, -0.25) is 24.5 Å². The molecule has 2 amide bonds. The Morgan fingerprint density at radius 1 is 0.812 bits per heavy atom. The van der Waals surface area contributed by atoms with Gasteiger partial charge in [0.25, 0.3) is 11.8 Å². The van der Waals surface area contributed by atoms with Crippen LogP contribution >= 0.6 is 0 Å². The van der Waals surface area contributed by atoms with Crippen molar-refractivity contribution in [1.82, 2.24) is 4.73 Å². The van der Waals surface area contributed by atoms with Gasteiger partial charge in [-0.25, -0.2) is 4.79 Å². The Labute approximate surface area is 397 Å². The van der Waals surface area contributed by atoms with Crippen molar-refractivity contribution in [2.24, 2.45) is 9.98 Å². The summed E-state index contributed by atoms with van der Waals surface area (Å²) in [6.07, 6.45) is 3.11. The van der Waals surface area contributed by atoms with Gasteiger partial charge < -0.3 is 48.5 Å². The summed E-state index contributed by atoms with van der Waals surface area (Å²) in [4.78, 5) is 59.8. The molecule has 69 heavy (non-hydrogen) atoms. The predicted molar refractivity (Wildman–Crippen MR) is 259 cm³/mol. The first-order chi connectivity index (χ1) is 33.5. The average Bonchev–Trinajstić information content (AvgIpc) is 4.04. The van der Waals surface area contributed by atoms with E-state index in [0.29, 0.717) is 69.7 Å². The number of methoxy groups -OCH3 is 2. The highest BCUT2D eigenvalue weighted by Crippen LogP contribution is 2.42. The maximum atomic E-state index is 14.0. The Morgan fingerprint density at radius 2 is 1.48 bits per heavy atom. The molecular formula is C52H50N6O11. The third kappa shape index (κ3) is 9.49. The Bertz CT molecular complexity index is 2970. The highest BCUT2D eigenvalue weighted by atomic mass is 16.7. The molecule has 4 heterocycles. The average molecular weight is 935 g/mol. The van der Waals surface area contributed by atoms with Gasteiger partial charge in [0.1, 0.15) is 13.2 Å². The van der Waals surface area contributed by atoms with E-state index in [4.69, 9.17) is 33.5 Å². The maximum Gasteiger partial charge on any atom is 0.335 e. The number of likely N-dealkylation sites (N-methyl/N-ethyl adjacent to an activating group) is 1. The van der Waals surface area contributed by atoms with Crippen LogP contribution < -0.4 is 38.5 Å². The number of nitrogens with zero attached hydrogens (tertiary/aromatic N) is 6. The Hall–Kier alpha value is -8.31. The summed E-state index contributed by atoms with van der Waals surface area (Å²) in [5.74, 6) is -0.445. The highest BCUT2D eigenvalue weighted by molar-refractivity contribution is 6.15. The summed E-state index contributed by atoms with van der Waals surface area (Å²) in [7, 11) is 4.93. The molecule has 354 valence electrons. The van der Waals surface area contributed by atoms with E-state index >= 15 is 0 Å². The van der Waals surface area contributed by atoms with Gasteiger partial charge in [0.05, 0.1) is 62.4 Å². The maximum absolute atomic E-state index is 14.0. The zero-order chi connectivity index (χ0) is 48.2. The number of aromatic hydroxyl groups is 2. The number of hydrogen-bond acceptors (Lipinski definition) is 14. The van der Waals surface area contributed by atoms with Crippen LogP contribution in [0.25, 0.3) is 0 Å². The lowest BCUT2D eigenvalue weighted by molar-refractivity contribution is -0.146. The smallest absolute Gasteiger partial charge is 0.335 e. The summed E-state index contributed by atoms with van der Waals surface area (Å²) >= 11 is 0. The van der Waals surface area contributed by atoms with Crippen LogP contribution in [0.4, 0.5) is 28.4 Å². The van der Waals surface area contributed by atoms with Crippen LogP contribution in [0.3, 0.4) is 0 Å². The summed E-state index contributed by atoms with van der Waals surface area (Å²) < 4.78 is 30.8. The van der Waals surface area contributed by atoms with Crippen molar-refractivity contribution in [3.05, 3.63) is 137 Å². The fourth-order valence-electron chi connectivity index (χ4n) is 8.69. The lowest BCUT2D eigenvalue weighted by atomic mass is 10.1. The zero-order valence-corrected chi connectivity index (χ0v) is 38.3. The number of rotatable bonds is 18. The van der Waals surface area contributed by atoms with Crippen molar-refractivity contribution in [2.45, 2.75) is 38.5 Å². The van der Waals surface area contributed by atoms with Gasteiger partial charge in [-0.15, -0.1) is 4.73 Å². The molecule has 0 bridgehead atoms. The number of aromatic nitrogens is 1. The van der Waals surface area contributed by atoms with Gasteiger partial charge in [0, 0.05) is 74.1 Å². The second-order valence-electron chi connectivity index (χ2n) is 16.6. The molecule has 0 unspecified atom stereocenters. The first-order valence-corrected chi connectivity index (χ1v) is 22.3. The molecule has 0 radical (unpaired) electrons. The number of aliphatic imine (C=N–C) groups is 2. The first kappa shape index (κ1) is 45.8. The van der Waals surface area contributed by atoms with Crippen molar-refractivity contribution in [3.63, 3.8) is 0 Å². The van der Waals surface area contributed by atoms with E-state index in [0.717, 1.165) is 45.7 Å². The third-order valence-corrected chi connectivity index (χ3v) is 12.2. The van der Waals surface area contributed by atoms with Crippen molar-refractivity contribution in [2.75, 3.05) is 62.3 Å². The molecule has 5 aromatic carbocycles. The lowest BCUT2D eigenvalue weighted by Crippen LogP contribution is -2.37. The van der Waals surface area contributed by atoms with Crippen LogP contribution in [0, 0.1) is 0 Å². The number of fused-ring (bicyclic) bond motifs is 5. The molecule has 3 aliphatic rings. The topological polar surface area (TPSA) is 186 Å². The number of anilines is 3. The van der Waals surface area contributed by atoms with Crippen LogP contribution in [0.5, 0.6) is 34.8 Å². The zero-order valence-electron chi connectivity index (χ0n) is 38.3. The molecule has 1 aromatic heterocycles. The van der Waals surface area contributed by atoms with Gasteiger partial charge in [-0.2, -0.15) is 0 Å². The van der Waals surface area contributed by atoms with Crippen LogP contribution in [0.2, 0.25) is 0 Å². The highest BCUT2D eigenvalue weighted by Gasteiger charge is 2.36. The van der Waals surface area contributed by atoms with Crippen molar-refractivity contribution in [1.29, 1.82) is 0 Å². The molecule has 0 saturated heterocycles. The minimum atomic E-state index is -0.704. The fourth-order valence-corrected chi connectivity index (χ4v) is 8.69. The standard InChI is InChI=1S/C52H50N6O11/c1-53-40-27-46(44(64-3)25-38(40)51(62)56-17-15-34-9-5-7-11-42(34)56)67-30-32-21-33(23-36(22-32)55(2)18-20-66-19-16-50(61)69-58-48(59)13-14-49(58)60)31-68-47-28-41-39(26-45(47)65-4)52(63)57-37(29-54-41)24-35-10-6-8-12-43(35)57/h5-14,21-23,25-29,37,59-60H,1,15-20,24,30-31H2,2-4H3/t37-/m0/s1. The summed E-state index contributed by atoms with van der Waals surface area (Å²) in [5, 5.41) is 19.5. The van der Waals surface area contributed by atoms with E-state index < -0.39 is 17.7 Å². The van der Waals surface area contributed by atoms with E-state index in [-0.39, 0.29) is 50.7 Å². The van der Waals surface area contributed by atoms with E-state index in [1.807, 2.05) is 84.9 Å². The van der Waals surface area contributed by atoms with Gasteiger partial charge in [-0.05, 0) is 77.9 Å². The molecule has 2 N–H and O–H groups in total. The van der Waals surface area contributed by atoms with Crippen LogP contribution in [-0.2, 0) is 35.6 Å². The molecule has 17 nitrogen and oxygen atoms in total. The SMILES string of the molecule is C=Nc1cc(OCc2cc(COc3cc4c(cc3OC)C(=O)N3c5ccccc5C[C@H]3C=N4)cc(N(C)CCOCCC(=O)On3c(O)ccc3O)c2)c(OC)cc1C(=O)N1CCc2ccccc21. The van der Waals surface area contributed by atoms with Crippen LogP contribution in [0.15, 0.2) is 113 Å². The molecule has 0 spiro atoms. The van der Waals surface area contributed by atoms with Crippen molar-refractivity contribution < 1.29 is 53.1 Å². The molecule has 9 rings (SSSR count). The molecule has 0 fully saturated rings. The predicted octanol–water partition coefficient (Wildman–Crippen LogP) is 7.40. The minimum Gasteiger partial charge on any atom is -0.493 e. The Kier molecular flexibility index (Phi) is 13.2. The molecule has 3 aliphatic heterocycles. The number of benzene rings is 5. The second-order valence-corrected chi connectivity index (χ2v) is 16.6. The number of carbonyl (C=O) groups is 3. The fraction of sp³-hybridized carbons (Fsp3) is 0.250. The van der Waals surface area contributed by atoms with Crippen molar-refractivity contribution >= 4 is 59.2 Å². The van der Waals surface area contributed by atoms with E-state index in [9.17, 15) is 24.6 Å². The van der Waals surface area contributed by atoms with E-state index in [1.165, 1.54) is 26.4 Å². The Morgan fingerprint density at radius 3 is 2.19 bits per heavy atom. The quantitative estimate of drug-likeness (QED) is 0.0644. The first-order valence-electron chi connectivity index (χ1n) is 22.3. The third-order valence-electron chi connectivity index (χ3n) is 12.2. The Balaban J connectivity index is 0.932. The van der Waals surface area contributed by atoms with Crippen LogP contribution in [-0.4, -0.2) is 99.3 Å². The number of carbonyl (C=O) groups excluding carboxylic acids is 3. The monoisotopic (exact) mass is 934 g/mol. The second kappa shape index (κ2) is 19.9. The summed E-state index contributed by atoms with van der Waals surface area (Å²) in [6.45, 7) is 5.18. The van der Waals surface area contributed by atoms with E-state index in [2.05, 4.69) is 11.7 Å². The molecule has 1 atom stereocenters. The number of ether oxygens (including phenoxy) is 5. The molecular weight excluding hydrogens is 885 g/mol. The lowest BCUT2D eigenvalue weighted by Gasteiger charge is -2.23.